The van der Waals surface area contributed by atoms with E-state index in [0.29, 0.717) is 24.1 Å². The molecule has 0 aliphatic carbocycles. The summed E-state index contributed by atoms with van der Waals surface area (Å²) < 4.78 is 0. The van der Waals surface area contributed by atoms with Crippen LogP contribution < -0.4 is 0 Å². The summed E-state index contributed by atoms with van der Waals surface area (Å²) in [5.41, 5.74) is 2.08. The van der Waals surface area contributed by atoms with E-state index in [1.807, 2.05) is 48.5 Å². The first kappa shape index (κ1) is 16.8. The molecule has 4 rings (SSSR count). The van der Waals surface area contributed by atoms with Crippen molar-refractivity contribution in [3.05, 3.63) is 71.5 Å². The number of hydrogen-bond acceptors (Lipinski definition) is 4. The van der Waals surface area contributed by atoms with Gasteiger partial charge in [-0.2, -0.15) is 0 Å². The van der Waals surface area contributed by atoms with Crippen LogP contribution in [0.1, 0.15) is 33.3 Å². The summed E-state index contributed by atoms with van der Waals surface area (Å²) in [5, 5.41) is 1.77. The Morgan fingerprint density at radius 1 is 0.962 bits per heavy atom. The van der Waals surface area contributed by atoms with Crippen LogP contribution in [0.15, 0.2) is 59.6 Å². The Hall–Kier alpha value is -2.66. The second kappa shape index (κ2) is 6.92. The average Bonchev–Trinajstić information content (AvgIpc) is 2.68. The third-order valence-electron chi connectivity index (χ3n) is 4.57. The van der Waals surface area contributed by atoms with Crippen molar-refractivity contribution >= 4 is 34.3 Å². The fourth-order valence-corrected chi connectivity index (χ4v) is 4.18. The standard InChI is InChI=1S/C21H18N2O2S/c1-2-26-18-10-9-17-19-15(18)7-5-8-16(19)20(24)23(21(17)25)13-11-14-6-3-4-12-22-14/h3-10,12H,2,11,13H2,1H3. The Labute approximate surface area is 156 Å². The molecule has 0 fully saturated rings. The van der Waals surface area contributed by atoms with Crippen molar-refractivity contribution in [1.82, 2.24) is 9.88 Å². The number of nitrogens with zero attached hydrogens (tertiary/aromatic N) is 2. The number of aromatic nitrogens is 1. The summed E-state index contributed by atoms with van der Waals surface area (Å²) >= 11 is 1.72. The van der Waals surface area contributed by atoms with E-state index in [9.17, 15) is 9.59 Å². The van der Waals surface area contributed by atoms with Crippen LogP contribution in [-0.2, 0) is 6.42 Å². The van der Waals surface area contributed by atoms with Crippen LogP contribution in [0.5, 0.6) is 0 Å². The number of carbonyl (C=O) groups is 2. The van der Waals surface area contributed by atoms with E-state index in [2.05, 4.69) is 11.9 Å². The fraction of sp³-hybridized carbons (Fsp3) is 0.190. The zero-order valence-corrected chi connectivity index (χ0v) is 15.3. The summed E-state index contributed by atoms with van der Waals surface area (Å²) in [5.74, 6) is 0.502. The van der Waals surface area contributed by atoms with Gasteiger partial charge in [-0.15, -0.1) is 11.8 Å². The molecule has 0 saturated heterocycles. The van der Waals surface area contributed by atoms with Crippen molar-refractivity contribution in [3.8, 4) is 0 Å². The summed E-state index contributed by atoms with van der Waals surface area (Å²) in [6, 6.07) is 15.2. The summed E-state index contributed by atoms with van der Waals surface area (Å²) in [6.45, 7) is 2.42. The van der Waals surface area contributed by atoms with Gasteiger partial charge in [-0.05, 0) is 41.5 Å². The predicted octanol–water partition coefficient (Wildman–Crippen LogP) is 4.19. The quantitative estimate of drug-likeness (QED) is 0.504. The molecule has 0 radical (unpaired) electrons. The molecule has 130 valence electrons. The molecule has 4 nitrogen and oxygen atoms in total. The summed E-state index contributed by atoms with van der Waals surface area (Å²) in [6.07, 6.45) is 2.27. The van der Waals surface area contributed by atoms with Gasteiger partial charge >= 0.3 is 0 Å². The minimum Gasteiger partial charge on any atom is -0.274 e. The number of thioether (sulfide) groups is 1. The van der Waals surface area contributed by atoms with Gasteiger partial charge < -0.3 is 0 Å². The van der Waals surface area contributed by atoms with Gasteiger partial charge in [-0.1, -0.05) is 25.1 Å². The van der Waals surface area contributed by atoms with Gasteiger partial charge in [0.05, 0.1) is 0 Å². The molecular weight excluding hydrogens is 344 g/mol. The molecule has 0 bridgehead atoms. The highest BCUT2D eigenvalue weighted by Gasteiger charge is 2.32. The van der Waals surface area contributed by atoms with Crippen LogP contribution in [-0.4, -0.2) is 34.0 Å². The molecule has 2 aromatic carbocycles. The molecular formula is C21H18N2O2S. The lowest BCUT2D eigenvalue weighted by molar-refractivity contribution is 0.0612. The van der Waals surface area contributed by atoms with Crippen molar-refractivity contribution in [2.75, 3.05) is 12.3 Å². The Balaban J connectivity index is 1.73. The third-order valence-corrected chi connectivity index (χ3v) is 5.52. The molecule has 5 heteroatoms. The van der Waals surface area contributed by atoms with Crippen LogP contribution in [0.25, 0.3) is 10.8 Å². The van der Waals surface area contributed by atoms with Gasteiger partial charge in [-0.25, -0.2) is 0 Å². The number of hydrogen-bond donors (Lipinski definition) is 0. The van der Waals surface area contributed by atoms with Crippen LogP contribution >= 0.6 is 11.8 Å². The maximum Gasteiger partial charge on any atom is 0.261 e. The van der Waals surface area contributed by atoms with E-state index in [1.165, 1.54) is 4.90 Å². The van der Waals surface area contributed by atoms with Crippen LogP contribution in [0.4, 0.5) is 0 Å². The van der Waals surface area contributed by atoms with Crippen molar-refractivity contribution in [3.63, 3.8) is 0 Å². The molecule has 1 aromatic heterocycles. The second-order valence-electron chi connectivity index (χ2n) is 6.11. The maximum absolute atomic E-state index is 13.0. The smallest absolute Gasteiger partial charge is 0.261 e. The van der Waals surface area contributed by atoms with E-state index < -0.39 is 0 Å². The fourth-order valence-electron chi connectivity index (χ4n) is 3.38. The molecule has 26 heavy (non-hydrogen) atoms. The molecule has 2 heterocycles. The van der Waals surface area contributed by atoms with Crippen LogP contribution in [0.3, 0.4) is 0 Å². The average molecular weight is 362 g/mol. The minimum atomic E-state index is -0.220. The van der Waals surface area contributed by atoms with Crippen molar-refractivity contribution < 1.29 is 9.59 Å². The van der Waals surface area contributed by atoms with Gasteiger partial charge in [-0.3, -0.25) is 19.5 Å². The summed E-state index contributed by atoms with van der Waals surface area (Å²) in [7, 11) is 0. The SMILES string of the molecule is CCSc1ccc2c3c(cccc13)C(=O)N(CCc1ccccn1)C2=O. The number of pyridine rings is 1. The lowest BCUT2D eigenvalue weighted by Gasteiger charge is -2.27. The van der Waals surface area contributed by atoms with Crippen LogP contribution in [0, 0.1) is 0 Å². The molecule has 0 unspecified atom stereocenters. The lowest BCUT2D eigenvalue weighted by atomic mass is 9.94. The zero-order chi connectivity index (χ0) is 18.1. The highest BCUT2D eigenvalue weighted by Crippen LogP contribution is 2.35. The highest BCUT2D eigenvalue weighted by molar-refractivity contribution is 7.99. The molecule has 1 aliphatic heterocycles. The predicted molar refractivity (Wildman–Crippen MR) is 104 cm³/mol. The first-order valence-corrected chi connectivity index (χ1v) is 9.64. The van der Waals surface area contributed by atoms with Crippen molar-refractivity contribution in [1.29, 1.82) is 0 Å². The minimum absolute atomic E-state index is 0.220. The number of rotatable bonds is 5. The summed E-state index contributed by atoms with van der Waals surface area (Å²) in [4.78, 5) is 32.7. The largest absolute Gasteiger partial charge is 0.274 e. The van der Waals surface area contributed by atoms with Gasteiger partial charge in [0.1, 0.15) is 0 Å². The Kier molecular flexibility index (Phi) is 4.47. The Morgan fingerprint density at radius 2 is 1.77 bits per heavy atom. The molecule has 0 spiro atoms. The first-order valence-electron chi connectivity index (χ1n) is 8.65. The highest BCUT2D eigenvalue weighted by atomic mass is 32.2. The van der Waals surface area contributed by atoms with Gasteiger partial charge in [0.25, 0.3) is 11.8 Å². The maximum atomic E-state index is 13.0. The molecule has 0 saturated carbocycles. The number of imide groups is 1. The molecule has 2 amide bonds. The Bertz CT molecular complexity index is 979. The molecule has 3 aromatic rings. The zero-order valence-electron chi connectivity index (χ0n) is 14.4. The normalized spacial score (nSPS) is 13.5. The van der Waals surface area contributed by atoms with Crippen molar-refractivity contribution in [2.24, 2.45) is 0 Å². The Morgan fingerprint density at radius 3 is 2.50 bits per heavy atom. The molecule has 0 N–H and O–H groups in total. The van der Waals surface area contributed by atoms with E-state index in [4.69, 9.17) is 0 Å². The second-order valence-corrected chi connectivity index (χ2v) is 7.41. The molecule has 1 aliphatic rings. The lowest BCUT2D eigenvalue weighted by Crippen LogP contribution is -2.41. The monoisotopic (exact) mass is 362 g/mol. The topological polar surface area (TPSA) is 50.3 Å². The van der Waals surface area contributed by atoms with Gasteiger partial charge in [0, 0.05) is 46.3 Å². The van der Waals surface area contributed by atoms with E-state index in [0.717, 1.165) is 27.1 Å². The number of amides is 2. The van der Waals surface area contributed by atoms with Gasteiger partial charge in [0.2, 0.25) is 0 Å². The van der Waals surface area contributed by atoms with E-state index in [1.54, 1.807) is 18.0 Å². The van der Waals surface area contributed by atoms with E-state index >= 15 is 0 Å². The number of carbonyl (C=O) groups excluding carboxylic acids is 2. The van der Waals surface area contributed by atoms with Crippen molar-refractivity contribution in [2.45, 2.75) is 18.2 Å². The van der Waals surface area contributed by atoms with Crippen LogP contribution in [0.2, 0.25) is 0 Å². The third kappa shape index (κ3) is 2.78. The number of benzene rings is 2. The first-order chi connectivity index (χ1) is 12.7. The van der Waals surface area contributed by atoms with E-state index in [-0.39, 0.29) is 11.8 Å². The molecule has 0 atom stereocenters. The van der Waals surface area contributed by atoms with Gasteiger partial charge in [0.15, 0.2) is 0 Å².